The first-order valence-electron chi connectivity index (χ1n) is 3.58. The second-order valence-corrected chi connectivity index (χ2v) is 2.97. The molecule has 2 heteroatoms. The second kappa shape index (κ2) is 2.65. The van der Waals surface area contributed by atoms with Crippen LogP contribution in [-0.2, 0) is 0 Å². The molecule has 0 saturated carbocycles. The molecule has 0 bridgehead atoms. The number of nitrogens with zero attached hydrogens (tertiary/aromatic N) is 1. The molecule has 1 aliphatic heterocycles. The molecule has 1 fully saturated rings. The van der Waals surface area contributed by atoms with Crippen molar-refractivity contribution in [1.29, 1.82) is 0 Å². The Balaban J connectivity index is 2.30. The van der Waals surface area contributed by atoms with Crippen LogP contribution >= 0.6 is 0 Å². The van der Waals surface area contributed by atoms with Gasteiger partial charge in [-0.2, -0.15) is 0 Å². The van der Waals surface area contributed by atoms with Crippen molar-refractivity contribution in [3.8, 4) is 0 Å². The second-order valence-electron chi connectivity index (χ2n) is 2.97. The highest BCUT2D eigenvalue weighted by Gasteiger charge is 2.22. The van der Waals surface area contributed by atoms with Crippen molar-refractivity contribution in [2.24, 2.45) is 0 Å². The minimum atomic E-state index is -0.563. The van der Waals surface area contributed by atoms with E-state index in [1.54, 1.807) is 0 Å². The van der Waals surface area contributed by atoms with E-state index in [1.165, 1.54) is 0 Å². The Hall–Kier alpha value is -0.110. The molecule has 9 heavy (non-hydrogen) atoms. The molecule has 1 rings (SSSR count). The topological polar surface area (TPSA) is 3.24 Å². The largest absolute Gasteiger partial charge is 0.298 e. The maximum absolute atomic E-state index is 12.5. The minimum Gasteiger partial charge on any atom is -0.298 e. The van der Waals surface area contributed by atoms with Crippen LogP contribution in [0.15, 0.2) is 0 Å². The number of hydrogen-bond acceptors (Lipinski definition) is 1. The standard InChI is InChI=1S/C7H14FN/c1-6(2)9-4-3-7(8)5-9/h6-7H,3-5H2,1-2H3/t7-/m0/s1. The fourth-order valence-corrected chi connectivity index (χ4v) is 1.21. The van der Waals surface area contributed by atoms with Gasteiger partial charge in [-0.3, -0.25) is 4.90 Å². The highest BCUT2D eigenvalue weighted by molar-refractivity contribution is 4.76. The lowest BCUT2D eigenvalue weighted by molar-refractivity contribution is 0.246. The molecular weight excluding hydrogens is 117 g/mol. The molecule has 0 radical (unpaired) electrons. The van der Waals surface area contributed by atoms with Gasteiger partial charge in [0.05, 0.1) is 0 Å². The van der Waals surface area contributed by atoms with Gasteiger partial charge in [-0.25, -0.2) is 4.39 Å². The average molecular weight is 131 g/mol. The molecule has 54 valence electrons. The highest BCUT2D eigenvalue weighted by Crippen LogP contribution is 2.14. The summed E-state index contributed by atoms with van der Waals surface area (Å²) in [6, 6.07) is 0.519. The third kappa shape index (κ3) is 1.65. The number of hydrogen-bond donors (Lipinski definition) is 0. The van der Waals surface area contributed by atoms with E-state index in [0.29, 0.717) is 12.6 Å². The molecular formula is C7H14FN. The zero-order valence-corrected chi connectivity index (χ0v) is 6.10. The first-order chi connectivity index (χ1) is 4.20. The molecule has 0 unspecified atom stereocenters. The molecule has 0 amide bonds. The molecule has 1 nitrogen and oxygen atoms in total. The molecule has 1 atom stereocenters. The predicted molar refractivity (Wildman–Crippen MR) is 36.2 cm³/mol. The number of rotatable bonds is 1. The summed E-state index contributed by atoms with van der Waals surface area (Å²) in [6.45, 7) is 5.81. The summed E-state index contributed by atoms with van der Waals surface area (Å²) in [5, 5.41) is 0. The number of likely N-dealkylation sites (tertiary alicyclic amines) is 1. The van der Waals surface area contributed by atoms with Gasteiger partial charge >= 0.3 is 0 Å². The Morgan fingerprint density at radius 1 is 1.56 bits per heavy atom. The average Bonchev–Trinajstić information content (AvgIpc) is 2.14. The molecule has 0 N–H and O–H groups in total. The van der Waals surface area contributed by atoms with Crippen LogP contribution in [0.1, 0.15) is 20.3 Å². The van der Waals surface area contributed by atoms with Crippen LogP contribution in [0.4, 0.5) is 4.39 Å². The van der Waals surface area contributed by atoms with Crippen molar-refractivity contribution in [2.75, 3.05) is 13.1 Å². The van der Waals surface area contributed by atoms with E-state index < -0.39 is 6.17 Å². The van der Waals surface area contributed by atoms with E-state index in [9.17, 15) is 4.39 Å². The van der Waals surface area contributed by atoms with Gasteiger partial charge in [-0.05, 0) is 20.3 Å². The van der Waals surface area contributed by atoms with Gasteiger partial charge in [-0.1, -0.05) is 0 Å². The quantitative estimate of drug-likeness (QED) is 0.520. The van der Waals surface area contributed by atoms with Crippen molar-refractivity contribution in [3.05, 3.63) is 0 Å². The summed E-state index contributed by atoms with van der Waals surface area (Å²) in [7, 11) is 0. The first-order valence-corrected chi connectivity index (χ1v) is 3.58. The van der Waals surface area contributed by atoms with E-state index in [2.05, 4.69) is 18.7 Å². The Morgan fingerprint density at radius 3 is 2.44 bits per heavy atom. The molecule has 0 aromatic carbocycles. The third-order valence-corrected chi connectivity index (χ3v) is 1.89. The van der Waals surface area contributed by atoms with Crippen molar-refractivity contribution in [1.82, 2.24) is 4.90 Å². The monoisotopic (exact) mass is 131 g/mol. The fraction of sp³-hybridized carbons (Fsp3) is 1.00. The van der Waals surface area contributed by atoms with Gasteiger partial charge < -0.3 is 0 Å². The summed E-state index contributed by atoms with van der Waals surface area (Å²) in [5.41, 5.74) is 0. The number of alkyl halides is 1. The van der Waals surface area contributed by atoms with Crippen LogP contribution in [0.2, 0.25) is 0 Å². The van der Waals surface area contributed by atoms with Crippen molar-refractivity contribution in [3.63, 3.8) is 0 Å². The van der Waals surface area contributed by atoms with E-state index in [4.69, 9.17) is 0 Å². The summed E-state index contributed by atoms with van der Waals surface area (Å²) >= 11 is 0. The SMILES string of the molecule is CC(C)N1CC[C@H](F)C1. The predicted octanol–water partition coefficient (Wildman–Crippen LogP) is 1.44. The van der Waals surface area contributed by atoms with Gasteiger partial charge in [0.25, 0.3) is 0 Å². The van der Waals surface area contributed by atoms with Crippen LogP contribution in [0.25, 0.3) is 0 Å². The summed E-state index contributed by atoms with van der Waals surface area (Å²) in [5.74, 6) is 0. The van der Waals surface area contributed by atoms with E-state index >= 15 is 0 Å². The van der Waals surface area contributed by atoms with Crippen LogP contribution < -0.4 is 0 Å². The Bertz CT molecular complexity index is 92.9. The molecule has 0 aliphatic carbocycles. The third-order valence-electron chi connectivity index (χ3n) is 1.89. The van der Waals surface area contributed by atoms with Crippen molar-refractivity contribution >= 4 is 0 Å². The minimum absolute atomic E-state index is 0.519. The van der Waals surface area contributed by atoms with Gasteiger partial charge in [0.1, 0.15) is 6.17 Å². The first kappa shape index (κ1) is 7.00. The molecule has 0 spiro atoms. The van der Waals surface area contributed by atoms with E-state index in [-0.39, 0.29) is 0 Å². The molecule has 1 saturated heterocycles. The van der Waals surface area contributed by atoms with Crippen LogP contribution in [0.3, 0.4) is 0 Å². The molecule has 0 aromatic rings. The Labute approximate surface area is 55.8 Å². The van der Waals surface area contributed by atoms with Crippen LogP contribution in [0.5, 0.6) is 0 Å². The lowest BCUT2D eigenvalue weighted by Gasteiger charge is -2.18. The smallest absolute Gasteiger partial charge is 0.114 e. The lowest BCUT2D eigenvalue weighted by atomic mass is 10.3. The van der Waals surface area contributed by atoms with Gasteiger partial charge in [0.2, 0.25) is 0 Å². The zero-order chi connectivity index (χ0) is 6.85. The van der Waals surface area contributed by atoms with Gasteiger partial charge in [-0.15, -0.1) is 0 Å². The zero-order valence-electron chi connectivity index (χ0n) is 6.10. The van der Waals surface area contributed by atoms with Gasteiger partial charge in [0.15, 0.2) is 0 Å². The van der Waals surface area contributed by atoms with E-state index in [1.807, 2.05) is 0 Å². The fourth-order valence-electron chi connectivity index (χ4n) is 1.21. The normalized spacial score (nSPS) is 30.0. The van der Waals surface area contributed by atoms with Crippen molar-refractivity contribution < 1.29 is 4.39 Å². The van der Waals surface area contributed by atoms with Gasteiger partial charge in [0, 0.05) is 19.1 Å². The Kier molecular flexibility index (Phi) is 2.06. The summed E-state index contributed by atoms with van der Waals surface area (Å²) < 4.78 is 12.5. The maximum atomic E-state index is 12.5. The molecule has 1 aliphatic rings. The Morgan fingerprint density at radius 2 is 2.22 bits per heavy atom. The summed E-state index contributed by atoms with van der Waals surface area (Å²) in [6.07, 6.45) is 0.172. The molecule has 0 aromatic heterocycles. The molecule has 1 heterocycles. The maximum Gasteiger partial charge on any atom is 0.114 e. The number of halogens is 1. The van der Waals surface area contributed by atoms with Crippen molar-refractivity contribution in [2.45, 2.75) is 32.5 Å². The van der Waals surface area contributed by atoms with Crippen LogP contribution in [-0.4, -0.2) is 30.2 Å². The van der Waals surface area contributed by atoms with Crippen LogP contribution in [0, 0.1) is 0 Å². The lowest BCUT2D eigenvalue weighted by Crippen LogP contribution is -2.28. The highest BCUT2D eigenvalue weighted by atomic mass is 19.1. The van der Waals surface area contributed by atoms with E-state index in [0.717, 1.165) is 13.0 Å². The summed E-state index contributed by atoms with van der Waals surface area (Å²) in [4.78, 5) is 2.17.